The van der Waals surface area contributed by atoms with E-state index in [-0.39, 0.29) is 11.5 Å². The Morgan fingerprint density at radius 2 is 1.67 bits per heavy atom. The molecule has 0 atom stereocenters. The lowest BCUT2D eigenvalue weighted by atomic mass is 9.95. The van der Waals surface area contributed by atoms with E-state index in [9.17, 15) is 10.2 Å². The van der Waals surface area contributed by atoms with Crippen LogP contribution in [0.15, 0.2) is 16.6 Å². The van der Waals surface area contributed by atoms with Gasteiger partial charge in [-0.25, -0.2) is 0 Å². The van der Waals surface area contributed by atoms with E-state index in [1.807, 2.05) is 32.9 Å². The standard InChI is InChI=1S/C16H15BrClIO2/c1-7-5-13(19)16(21)11(14(7)18)6-10-9(3)12(17)4-8(2)15(10)20/h4-5,20-21H,6H2,1-3H3. The largest absolute Gasteiger partial charge is 0.507 e. The predicted octanol–water partition coefficient (Wildman–Crippen LogP) is 5.63. The van der Waals surface area contributed by atoms with E-state index in [4.69, 9.17) is 11.6 Å². The molecule has 0 unspecified atom stereocenters. The van der Waals surface area contributed by atoms with E-state index in [2.05, 4.69) is 38.5 Å². The molecule has 21 heavy (non-hydrogen) atoms. The van der Waals surface area contributed by atoms with Crippen LogP contribution in [0.1, 0.15) is 27.8 Å². The number of aryl methyl sites for hydroxylation is 2. The lowest BCUT2D eigenvalue weighted by Gasteiger charge is -2.16. The van der Waals surface area contributed by atoms with Crippen molar-refractivity contribution in [1.29, 1.82) is 0 Å². The summed E-state index contributed by atoms with van der Waals surface area (Å²) in [5, 5.41) is 21.2. The highest BCUT2D eigenvalue weighted by molar-refractivity contribution is 14.1. The van der Waals surface area contributed by atoms with Crippen LogP contribution in [0.25, 0.3) is 0 Å². The van der Waals surface area contributed by atoms with Gasteiger partial charge in [-0.05, 0) is 72.2 Å². The van der Waals surface area contributed by atoms with Crippen molar-refractivity contribution in [3.05, 3.63) is 53.0 Å². The summed E-state index contributed by atoms with van der Waals surface area (Å²) in [5.41, 5.74) is 4.08. The van der Waals surface area contributed by atoms with Crippen LogP contribution in [0, 0.1) is 24.3 Å². The van der Waals surface area contributed by atoms with Crippen LogP contribution >= 0.6 is 50.1 Å². The van der Waals surface area contributed by atoms with E-state index >= 15 is 0 Å². The molecular formula is C16H15BrClIO2. The Balaban J connectivity index is 2.64. The summed E-state index contributed by atoms with van der Waals surface area (Å²) in [7, 11) is 0. The number of rotatable bonds is 2. The fraction of sp³-hybridized carbons (Fsp3) is 0.250. The van der Waals surface area contributed by atoms with Gasteiger partial charge in [-0.2, -0.15) is 0 Å². The summed E-state index contributed by atoms with van der Waals surface area (Å²) in [4.78, 5) is 0. The molecule has 0 saturated heterocycles. The van der Waals surface area contributed by atoms with E-state index < -0.39 is 0 Å². The molecule has 2 N–H and O–H groups in total. The molecule has 5 heteroatoms. The van der Waals surface area contributed by atoms with Crippen LogP contribution in [0.5, 0.6) is 11.5 Å². The Morgan fingerprint density at radius 1 is 1.05 bits per heavy atom. The van der Waals surface area contributed by atoms with Crippen LogP contribution < -0.4 is 0 Å². The monoisotopic (exact) mass is 480 g/mol. The van der Waals surface area contributed by atoms with E-state index in [1.54, 1.807) is 0 Å². The Morgan fingerprint density at radius 3 is 2.29 bits per heavy atom. The fourth-order valence-corrected chi connectivity index (χ4v) is 3.87. The fourth-order valence-electron chi connectivity index (χ4n) is 2.29. The molecule has 0 heterocycles. The van der Waals surface area contributed by atoms with E-state index in [0.717, 1.165) is 30.3 Å². The molecule has 0 bridgehead atoms. The van der Waals surface area contributed by atoms with E-state index in [0.29, 0.717) is 17.0 Å². The summed E-state index contributed by atoms with van der Waals surface area (Å²) in [6.07, 6.45) is 0.389. The molecule has 0 amide bonds. The molecule has 2 aromatic rings. The minimum Gasteiger partial charge on any atom is -0.507 e. The van der Waals surface area contributed by atoms with Gasteiger partial charge in [0.2, 0.25) is 0 Å². The second kappa shape index (κ2) is 6.34. The van der Waals surface area contributed by atoms with Gasteiger partial charge < -0.3 is 10.2 Å². The smallest absolute Gasteiger partial charge is 0.133 e. The van der Waals surface area contributed by atoms with Crippen molar-refractivity contribution < 1.29 is 10.2 Å². The van der Waals surface area contributed by atoms with Crippen molar-refractivity contribution in [2.75, 3.05) is 0 Å². The van der Waals surface area contributed by atoms with Gasteiger partial charge in [0.25, 0.3) is 0 Å². The Bertz CT molecular complexity index is 615. The van der Waals surface area contributed by atoms with Crippen LogP contribution in [0.4, 0.5) is 0 Å². The summed E-state index contributed by atoms with van der Waals surface area (Å²) in [6.45, 7) is 5.70. The zero-order valence-electron chi connectivity index (χ0n) is 11.9. The first-order valence-corrected chi connectivity index (χ1v) is 8.63. The lowest BCUT2D eigenvalue weighted by Crippen LogP contribution is -1.99. The van der Waals surface area contributed by atoms with Crippen molar-refractivity contribution in [2.24, 2.45) is 0 Å². The molecule has 0 aromatic heterocycles. The summed E-state index contributed by atoms with van der Waals surface area (Å²) < 4.78 is 1.69. The molecular weight excluding hydrogens is 466 g/mol. The third-order valence-corrected chi connectivity index (χ3v) is 5.81. The minimum atomic E-state index is 0.183. The topological polar surface area (TPSA) is 40.5 Å². The summed E-state index contributed by atoms with van der Waals surface area (Å²) in [6, 6.07) is 3.73. The number of halogens is 3. The second-order valence-electron chi connectivity index (χ2n) is 5.12. The van der Waals surface area contributed by atoms with Crippen LogP contribution in [-0.2, 0) is 6.42 Å². The number of aromatic hydroxyl groups is 2. The Hall–Kier alpha value is -0.460. The maximum Gasteiger partial charge on any atom is 0.133 e. The average molecular weight is 482 g/mol. The third-order valence-electron chi connectivity index (χ3n) is 3.63. The van der Waals surface area contributed by atoms with Gasteiger partial charge in [0, 0.05) is 22.0 Å². The van der Waals surface area contributed by atoms with Gasteiger partial charge in [0.05, 0.1) is 8.59 Å². The van der Waals surface area contributed by atoms with E-state index in [1.165, 1.54) is 0 Å². The highest BCUT2D eigenvalue weighted by Crippen LogP contribution is 2.39. The molecule has 0 aliphatic heterocycles. The summed E-state index contributed by atoms with van der Waals surface area (Å²) >= 11 is 11.9. The first-order chi connectivity index (χ1) is 9.73. The van der Waals surface area contributed by atoms with Gasteiger partial charge >= 0.3 is 0 Å². The van der Waals surface area contributed by atoms with Crippen molar-refractivity contribution >= 4 is 50.1 Å². The lowest BCUT2D eigenvalue weighted by molar-refractivity contribution is 0.458. The molecule has 0 fully saturated rings. The van der Waals surface area contributed by atoms with Crippen molar-refractivity contribution in [3.63, 3.8) is 0 Å². The molecule has 2 aromatic carbocycles. The number of phenolic OH excluding ortho intramolecular Hbond substituents is 2. The Kier molecular flexibility index (Phi) is 5.11. The minimum absolute atomic E-state index is 0.183. The highest BCUT2D eigenvalue weighted by Gasteiger charge is 2.18. The third kappa shape index (κ3) is 3.17. The average Bonchev–Trinajstić information content (AvgIpc) is 2.42. The first-order valence-electron chi connectivity index (χ1n) is 6.38. The molecule has 2 nitrogen and oxygen atoms in total. The van der Waals surface area contributed by atoms with Gasteiger partial charge in [-0.3, -0.25) is 0 Å². The van der Waals surface area contributed by atoms with Gasteiger partial charge in [-0.15, -0.1) is 0 Å². The molecule has 0 aliphatic carbocycles. The highest BCUT2D eigenvalue weighted by atomic mass is 127. The van der Waals surface area contributed by atoms with Crippen LogP contribution in [0.2, 0.25) is 5.02 Å². The molecule has 2 rings (SSSR count). The Labute approximate surface area is 151 Å². The number of hydrogen-bond acceptors (Lipinski definition) is 2. The zero-order valence-corrected chi connectivity index (χ0v) is 16.4. The van der Waals surface area contributed by atoms with Gasteiger partial charge in [0.15, 0.2) is 0 Å². The number of phenols is 2. The molecule has 0 radical (unpaired) electrons. The first kappa shape index (κ1) is 16.9. The van der Waals surface area contributed by atoms with Gasteiger partial charge in [-0.1, -0.05) is 27.5 Å². The zero-order chi connectivity index (χ0) is 15.9. The summed E-state index contributed by atoms with van der Waals surface area (Å²) in [5.74, 6) is 0.435. The molecule has 0 spiro atoms. The number of hydrogen-bond donors (Lipinski definition) is 2. The maximum absolute atomic E-state index is 10.3. The van der Waals surface area contributed by atoms with Crippen LogP contribution in [-0.4, -0.2) is 10.2 Å². The van der Waals surface area contributed by atoms with Crippen LogP contribution in [0.3, 0.4) is 0 Å². The normalized spacial score (nSPS) is 11.0. The molecule has 112 valence electrons. The second-order valence-corrected chi connectivity index (χ2v) is 7.52. The van der Waals surface area contributed by atoms with Crippen molar-refractivity contribution in [1.82, 2.24) is 0 Å². The van der Waals surface area contributed by atoms with Crippen molar-refractivity contribution in [3.8, 4) is 11.5 Å². The maximum atomic E-state index is 10.3. The molecule has 0 aliphatic rings. The van der Waals surface area contributed by atoms with Crippen molar-refractivity contribution in [2.45, 2.75) is 27.2 Å². The number of benzene rings is 2. The quantitative estimate of drug-likeness (QED) is 0.546. The predicted molar refractivity (Wildman–Crippen MR) is 98.7 cm³/mol. The van der Waals surface area contributed by atoms with Gasteiger partial charge in [0.1, 0.15) is 11.5 Å². The SMILES string of the molecule is Cc1cc(Br)c(C)c(Cc2c(O)c(I)cc(C)c2Cl)c1O. The molecule has 0 saturated carbocycles.